The third-order valence-electron chi connectivity index (χ3n) is 2.87. The highest BCUT2D eigenvalue weighted by Crippen LogP contribution is 2.30. The lowest BCUT2D eigenvalue weighted by Gasteiger charge is -2.24. The summed E-state index contributed by atoms with van der Waals surface area (Å²) in [6, 6.07) is 4.78. The molecule has 1 saturated carbocycles. The van der Waals surface area contributed by atoms with Gasteiger partial charge in [0.1, 0.15) is 0 Å². The van der Waals surface area contributed by atoms with E-state index in [-0.39, 0.29) is 0 Å². The molecule has 0 amide bonds. The zero-order valence-electron chi connectivity index (χ0n) is 9.72. The lowest BCUT2D eigenvalue weighted by Crippen LogP contribution is -2.29. The molecule has 16 heavy (non-hydrogen) atoms. The van der Waals surface area contributed by atoms with E-state index in [0.29, 0.717) is 12.6 Å². The molecule has 0 spiro atoms. The fraction of sp³-hybridized carbons (Fsp3) is 0.583. The quantitative estimate of drug-likeness (QED) is 0.783. The zero-order chi connectivity index (χ0) is 11.4. The molecule has 1 fully saturated rings. The summed E-state index contributed by atoms with van der Waals surface area (Å²) >= 11 is 0. The molecule has 1 aromatic rings. The molecule has 1 aliphatic rings. The Hall–Kier alpha value is -1.13. The number of pyridine rings is 1. The van der Waals surface area contributed by atoms with Crippen LogP contribution in [-0.4, -0.2) is 31.3 Å². The van der Waals surface area contributed by atoms with E-state index in [9.17, 15) is 0 Å². The number of rotatable bonds is 6. The highest BCUT2D eigenvalue weighted by molar-refractivity contribution is 5.47. The van der Waals surface area contributed by atoms with Gasteiger partial charge in [-0.2, -0.15) is 0 Å². The Morgan fingerprint density at radius 1 is 1.50 bits per heavy atom. The summed E-state index contributed by atoms with van der Waals surface area (Å²) in [6.07, 6.45) is 4.47. The number of anilines is 1. The predicted molar refractivity (Wildman–Crippen MR) is 64.4 cm³/mol. The molecule has 0 aliphatic heterocycles. The molecule has 0 atom stereocenters. The molecule has 2 N–H and O–H groups in total. The monoisotopic (exact) mass is 221 g/mol. The van der Waals surface area contributed by atoms with Crippen LogP contribution >= 0.6 is 0 Å². The van der Waals surface area contributed by atoms with Crippen LogP contribution in [0.4, 0.5) is 5.69 Å². The van der Waals surface area contributed by atoms with Crippen molar-refractivity contribution in [1.29, 1.82) is 0 Å². The van der Waals surface area contributed by atoms with Crippen molar-refractivity contribution in [3.05, 3.63) is 24.0 Å². The van der Waals surface area contributed by atoms with Gasteiger partial charge in [0.2, 0.25) is 0 Å². The Morgan fingerprint density at radius 2 is 2.31 bits per heavy atom. The first kappa shape index (κ1) is 11.4. The number of aromatic nitrogens is 1. The summed E-state index contributed by atoms with van der Waals surface area (Å²) in [4.78, 5) is 6.70. The van der Waals surface area contributed by atoms with Crippen LogP contribution in [-0.2, 0) is 11.3 Å². The Bertz CT molecular complexity index is 322. The second-order valence-electron chi connectivity index (χ2n) is 4.13. The van der Waals surface area contributed by atoms with Gasteiger partial charge in [0.15, 0.2) is 0 Å². The van der Waals surface area contributed by atoms with E-state index in [1.54, 1.807) is 7.11 Å². The van der Waals surface area contributed by atoms with Crippen molar-refractivity contribution in [2.75, 3.05) is 25.2 Å². The van der Waals surface area contributed by atoms with E-state index in [0.717, 1.165) is 18.8 Å². The number of hydrogen-bond acceptors (Lipinski definition) is 4. The van der Waals surface area contributed by atoms with E-state index in [1.165, 1.54) is 18.5 Å². The molecule has 0 aromatic carbocycles. The molecule has 0 radical (unpaired) electrons. The van der Waals surface area contributed by atoms with Crippen molar-refractivity contribution < 1.29 is 4.74 Å². The zero-order valence-corrected chi connectivity index (χ0v) is 9.72. The molecule has 1 aromatic heterocycles. The van der Waals surface area contributed by atoms with Gasteiger partial charge in [-0.3, -0.25) is 4.98 Å². The molecule has 88 valence electrons. The topological polar surface area (TPSA) is 51.4 Å². The molecular formula is C12H19N3O. The highest BCUT2D eigenvalue weighted by atomic mass is 16.5. The van der Waals surface area contributed by atoms with Crippen molar-refractivity contribution in [3.63, 3.8) is 0 Å². The molecule has 4 heteroatoms. The van der Waals surface area contributed by atoms with Crippen molar-refractivity contribution in [2.45, 2.75) is 25.4 Å². The fourth-order valence-corrected chi connectivity index (χ4v) is 1.81. The maximum Gasteiger partial charge on any atom is 0.0637 e. The minimum absolute atomic E-state index is 0.502. The number of hydrogen-bond donors (Lipinski definition) is 1. The van der Waals surface area contributed by atoms with Gasteiger partial charge in [-0.1, -0.05) is 0 Å². The van der Waals surface area contributed by atoms with Crippen molar-refractivity contribution >= 4 is 5.69 Å². The van der Waals surface area contributed by atoms with E-state index in [1.807, 2.05) is 12.3 Å². The summed E-state index contributed by atoms with van der Waals surface area (Å²) in [7, 11) is 1.74. The standard InChI is InChI=1S/C12H19N3O/c1-16-7-6-15(11-4-5-11)12-3-2-10(8-13)14-9-12/h2-3,9,11H,4-8,13H2,1H3. The average molecular weight is 221 g/mol. The molecule has 4 nitrogen and oxygen atoms in total. The van der Waals surface area contributed by atoms with Crippen LogP contribution in [0.25, 0.3) is 0 Å². The summed E-state index contributed by atoms with van der Waals surface area (Å²) in [5.74, 6) is 0. The Labute approximate surface area is 96.4 Å². The third kappa shape index (κ3) is 2.71. The number of nitrogens with two attached hydrogens (primary N) is 1. The van der Waals surface area contributed by atoms with Gasteiger partial charge >= 0.3 is 0 Å². The molecule has 0 unspecified atom stereocenters. The van der Waals surface area contributed by atoms with Crippen LogP contribution in [0.3, 0.4) is 0 Å². The third-order valence-corrected chi connectivity index (χ3v) is 2.87. The Morgan fingerprint density at radius 3 is 2.81 bits per heavy atom. The number of nitrogens with zero attached hydrogens (tertiary/aromatic N) is 2. The van der Waals surface area contributed by atoms with Gasteiger partial charge in [-0.15, -0.1) is 0 Å². The second kappa shape index (κ2) is 5.27. The summed E-state index contributed by atoms with van der Waals surface area (Å²) < 4.78 is 5.13. The molecule has 1 aliphatic carbocycles. The molecular weight excluding hydrogens is 202 g/mol. The summed E-state index contributed by atoms with van der Waals surface area (Å²) in [5, 5.41) is 0. The van der Waals surface area contributed by atoms with Crippen molar-refractivity contribution in [2.24, 2.45) is 5.73 Å². The van der Waals surface area contributed by atoms with Gasteiger partial charge in [-0.25, -0.2) is 0 Å². The maximum atomic E-state index is 5.53. The molecule has 1 heterocycles. The summed E-state index contributed by atoms with van der Waals surface area (Å²) in [6.45, 7) is 2.20. The van der Waals surface area contributed by atoms with Gasteiger partial charge in [0.05, 0.1) is 24.2 Å². The van der Waals surface area contributed by atoms with E-state index in [4.69, 9.17) is 10.5 Å². The first-order valence-electron chi connectivity index (χ1n) is 5.75. The fourth-order valence-electron chi connectivity index (χ4n) is 1.81. The summed E-state index contributed by atoms with van der Waals surface area (Å²) in [5.41, 5.74) is 7.65. The van der Waals surface area contributed by atoms with Gasteiger partial charge in [-0.05, 0) is 25.0 Å². The Kier molecular flexibility index (Phi) is 3.74. The minimum atomic E-state index is 0.502. The van der Waals surface area contributed by atoms with E-state index >= 15 is 0 Å². The average Bonchev–Trinajstić information content (AvgIpc) is 3.15. The normalized spacial score (nSPS) is 15.1. The van der Waals surface area contributed by atoms with E-state index < -0.39 is 0 Å². The minimum Gasteiger partial charge on any atom is -0.383 e. The first-order valence-corrected chi connectivity index (χ1v) is 5.75. The van der Waals surface area contributed by atoms with Gasteiger partial charge < -0.3 is 15.4 Å². The SMILES string of the molecule is COCCN(c1ccc(CN)nc1)C1CC1. The number of methoxy groups -OCH3 is 1. The van der Waals surface area contributed by atoms with Crippen LogP contribution in [0.1, 0.15) is 18.5 Å². The van der Waals surface area contributed by atoms with Crippen LogP contribution in [0.2, 0.25) is 0 Å². The lowest BCUT2D eigenvalue weighted by atomic mass is 10.3. The first-order chi connectivity index (χ1) is 7.85. The van der Waals surface area contributed by atoms with Crippen LogP contribution in [0.5, 0.6) is 0 Å². The Balaban J connectivity index is 2.05. The smallest absolute Gasteiger partial charge is 0.0637 e. The van der Waals surface area contributed by atoms with Crippen molar-refractivity contribution in [1.82, 2.24) is 4.98 Å². The molecule has 0 bridgehead atoms. The molecule has 0 saturated heterocycles. The van der Waals surface area contributed by atoms with Crippen LogP contribution in [0, 0.1) is 0 Å². The maximum absolute atomic E-state index is 5.53. The predicted octanol–water partition coefficient (Wildman–Crippen LogP) is 1.16. The van der Waals surface area contributed by atoms with Gasteiger partial charge in [0, 0.05) is 26.2 Å². The van der Waals surface area contributed by atoms with E-state index in [2.05, 4.69) is 16.0 Å². The van der Waals surface area contributed by atoms with Crippen LogP contribution in [0.15, 0.2) is 18.3 Å². The van der Waals surface area contributed by atoms with Crippen molar-refractivity contribution in [3.8, 4) is 0 Å². The van der Waals surface area contributed by atoms with Crippen LogP contribution < -0.4 is 10.6 Å². The molecule has 2 rings (SSSR count). The largest absolute Gasteiger partial charge is 0.383 e. The highest BCUT2D eigenvalue weighted by Gasteiger charge is 2.28. The van der Waals surface area contributed by atoms with Gasteiger partial charge in [0.25, 0.3) is 0 Å². The number of ether oxygens (including phenoxy) is 1. The second-order valence-corrected chi connectivity index (χ2v) is 4.13. The lowest BCUT2D eigenvalue weighted by molar-refractivity contribution is 0.205.